The molecule has 3 rings (SSSR count). The molecule has 1 aliphatic rings. The van der Waals surface area contributed by atoms with E-state index in [-0.39, 0.29) is 23.6 Å². The number of nitrogens with zero attached hydrogens (tertiary/aromatic N) is 2. The van der Waals surface area contributed by atoms with E-state index >= 15 is 0 Å². The summed E-state index contributed by atoms with van der Waals surface area (Å²) in [6.45, 7) is 4.24. The first-order chi connectivity index (χ1) is 16.7. The Bertz CT molecular complexity index is 1060. The third kappa shape index (κ3) is 6.97. The molecule has 3 amide bonds. The Hall–Kier alpha value is -2.60. The molecule has 0 bridgehead atoms. The quantitative estimate of drug-likeness (QED) is 0.644. The van der Waals surface area contributed by atoms with Crippen molar-refractivity contribution in [2.45, 2.75) is 70.9 Å². The topological polar surface area (TPSA) is 69.7 Å². The molecule has 1 saturated heterocycles. The summed E-state index contributed by atoms with van der Waals surface area (Å²) < 4.78 is 0. The first-order valence-corrected chi connectivity index (χ1v) is 13.1. The fourth-order valence-corrected chi connectivity index (χ4v) is 5.07. The summed E-state index contributed by atoms with van der Waals surface area (Å²) in [4.78, 5) is 42.9. The Labute approximate surface area is 214 Å². The second-order valence-electron chi connectivity index (χ2n) is 9.90. The molecule has 1 unspecified atom stereocenters. The lowest BCUT2D eigenvalue weighted by Crippen LogP contribution is -2.55. The van der Waals surface area contributed by atoms with Gasteiger partial charge in [-0.15, -0.1) is 0 Å². The summed E-state index contributed by atoms with van der Waals surface area (Å²) in [5.41, 5.74) is 0.916. The maximum atomic E-state index is 13.7. The Kier molecular flexibility index (Phi) is 9.55. The van der Waals surface area contributed by atoms with Gasteiger partial charge in [0.05, 0.1) is 0 Å². The minimum atomic E-state index is -0.723. The largest absolute Gasteiger partial charge is 0.344 e. The Morgan fingerprint density at radius 3 is 2.40 bits per heavy atom. The van der Waals surface area contributed by atoms with Gasteiger partial charge in [-0.25, -0.2) is 0 Å². The summed E-state index contributed by atoms with van der Waals surface area (Å²) in [6, 6.07) is 10.3. The second kappa shape index (κ2) is 12.4. The maximum Gasteiger partial charge on any atom is 0.245 e. The van der Waals surface area contributed by atoms with Crippen molar-refractivity contribution in [1.29, 1.82) is 0 Å². The van der Waals surface area contributed by atoms with Crippen molar-refractivity contribution in [2.24, 2.45) is 5.92 Å². The zero-order valence-electron chi connectivity index (χ0n) is 21.4. The molecule has 1 aliphatic heterocycles. The Morgan fingerprint density at radius 2 is 1.63 bits per heavy atom. The number of carbonyl (C=O) groups is 3. The van der Waals surface area contributed by atoms with Gasteiger partial charge >= 0.3 is 0 Å². The Balaban J connectivity index is 1.93. The molecule has 2 aromatic carbocycles. The van der Waals surface area contributed by atoms with Crippen LogP contribution in [0, 0.1) is 5.92 Å². The lowest BCUT2D eigenvalue weighted by atomic mass is 9.96. The van der Waals surface area contributed by atoms with Crippen LogP contribution in [-0.4, -0.2) is 60.2 Å². The molecule has 0 aromatic heterocycles. The molecule has 0 saturated carbocycles. The summed E-state index contributed by atoms with van der Waals surface area (Å²) in [5.74, 6) is -0.656. The smallest absolute Gasteiger partial charge is 0.245 e. The van der Waals surface area contributed by atoms with E-state index in [4.69, 9.17) is 11.6 Å². The highest BCUT2D eigenvalue weighted by Crippen LogP contribution is 2.26. The van der Waals surface area contributed by atoms with Gasteiger partial charge < -0.3 is 15.1 Å². The van der Waals surface area contributed by atoms with Crippen LogP contribution in [0.25, 0.3) is 10.8 Å². The third-order valence-corrected chi connectivity index (χ3v) is 7.33. The number of nitrogens with one attached hydrogen (secondary N) is 1. The van der Waals surface area contributed by atoms with Crippen LogP contribution in [0.5, 0.6) is 0 Å². The highest BCUT2D eigenvalue weighted by atomic mass is 35.5. The van der Waals surface area contributed by atoms with Crippen molar-refractivity contribution >= 4 is 40.1 Å². The molecular formula is C28H38ClN3O3. The molecule has 6 nitrogen and oxygen atoms in total. The normalized spacial score (nSPS) is 24.0. The van der Waals surface area contributed by atoms with Crippen molar-refractivity contribution in [2.75, 3.05) is 20.6 Å². The van der Waals surface area contributed by atoms with Crippen molar-refractivity contribution in [1.82, 2.24) is 15.1 Å². The van der Waals surface area contributed by atoms with Crippen molar-refractivity contribution < 1.29 is 14.4 Å². The number of hydrogen-bond donors (Lipinski definition) is 1. The van der Waals surface area contributed by atoms with Gasteiger partial charge in [-0.1, -0.05) is 68.5 Å². The maximum absolute atomic E-state index is 13.7. The van der Waals surface area contributed by atoms with Crippen molar-refractivity contribution in [3.8, 4) is 0 Å². The molecule has 7 heteroatoms. The molecule has 0 radical (unpaired) electrons. The average Bonchev–Trinajstić information content (AvgIpc) is 2.84. The summed E-state index contributed by atoms with van der Waals surface area (Å²) in [5, 5.41) is 5.46. The van der Waals surface area contributed by atoms with E-state index in [0.717, 1.165) is 54.9 Å². The first-order valence-electron chi connectivity index (χ1n) is 12.7. The van der Waals surface area contributed by atoms with E-state index in [2.05, 4.69) is 5.32 Å². The van der Waals surface area contributed by atoms with Crippen LogP contribution in [0.4, 0.5) is 0 Å². The lowest BCUT2D eigenvalue weighted by molar-refractivity contribution is -0.145. The second-order valence-corrected chi connectivity index (χ2v) is 10.3. The number of benzene rings is 2. The fraction of sp³-hybridized carbons (Fsp3) is 0.536. The fourth-order valence-electron chi connectivity index (χ4n) is 4.82. The van der Waals surface area contributed by atoms with E-state index in [1.54, 1.807) is 25.9 Å². The highest BCUT2D eigenvalue weighted by molar-refractivity contribution is 6.31. The van der Waals surface area contributed by atoms with E-state index < -0.39 is 12.1 Å². The summed E-state index contributed by atoms with van der Waals surface area (Å²) in [7, 11) is 3.46. The van der Waals surface area contributed by atoms with Crippen molar-refractivity contribution in [3.05, 3.63) is 47.0 Å². The molecule has 3 atom stereocenters. The molecule has 2 aromatic rings. The van der Waals surface area contributed by atoms with Gasteiger partial charge in [0.1, 0.15) is 12.1 Å². The number of hydrogen-bond acceptors (Lipinski definition) is 3. The van der Waals surface area contributed by atoms with Gasteiger partial charge in [-0.2, -0.15) is 0 Å². The SMILES string of the molecule is CC1NC(=O)[C@@H](C)CCCCCCCN(C)C(=O)[C@H](Cc2cc(Cl)cc3ccccc23)N(C)C1=O. The van der Waals surface area contributed by atoms with E-state index in [1.165, 1.54) is 4.90 Å². The van der Waals surface area contributed by atoms with Crippen LogP contribution in [-0.2, 0) is 20.8 Å². The molecule has 190 valence electrons. The minimum Gasteiger partial charge on any atom is -0.344 e. The van der Waals surface area contributed by atoms with Crippen LogP contribution < -0.4 is 5.32 Å². The number of rotatable bonds is 2. The van der Waals surface area contributed by atoms with Crippen LogP contribution >= 0.6 is 11.6 Å². The first kappa shape index (κ1) is 27.0. The monoisotopic (exact) mass is 499 g/mol. The average molecular weight is 500 g/mol. The van der Waals surface area contributed by atoms with E-state index in [1.807, 2.05) is 43.3 Å². The van der Waals surface area contributed by atoms with Gasteiger partial charge in [0.2, 0.25) is 17.7 Å². The van der Waals surface area contributed by atoms with Gasteiger partial charge in [-0.3, -0.25) is 14.4 Å². The molecular weight excluding hydrogens is 462 g/mol. The molecule has 0 spiro atoms. The van der Waals surface area contributed by atoms with Gasteiger partial charge in [0.15, 0.2) is 0 Å². The number of amides is 3. The van der Waals surface area contributed by atoms with Crippen LogP contribution in [0.1, 0.15) is 57.9 Å². The van der Waals surface area contributed by atoms with E-state index in [9.17, 15) is 14.4 Å². The molecule has 1 fully saturated rings. The zero-order chi connectivity index (χ0) is 25.5. The van der Waals surface area contributed by atoms with Gasteiger partial charge in [0, 0.05) is 38.0 Å². The van der Waals surface area contributed by atoms with Gasteiger partial charge in [0.25, 0.3) is 0 Å². The van der Waals surface area contributed by atoms with Crippen molar-refractivity contribution in [3.63, 3.8) is 0 Å². The van der Waals surface area contributed by atoms with Crippen LogP contribution in [0.15, 0.2) is 36.4 Å². The zero-order valence-corrected chi connectivity index (χ0v) is 22.1. The van der Waals surface area contributed by atoms with E-state index in [0.29, 0.717) is 18.0 Å². The summed E-state index contributed by atoms with van der Waals surface area (Å²) >= 11 is 6.41. The molecule has 0 aliphatic carbocycles. The molecule has 1 N–H and O–H groups in total. The van der Waals surface area contributed by atoms with Gasteiger partial charge in [-0.05, 0) is 48.2 Å². The highest BCUT2D eigenvalue weighted by Gasteiger charge is 2.33. The van der Waals surface area contributed by atoms with Crippen LogP contribution in [0.2, 0.25) is 5.02 Å². The number of likely N-dealkylation sites (N-methyl/N-ethyl adjacent to an activating group) is 2. The molecule has 35 heavy (non-hydrogen) atoms. The Morgan fingerprint density at radius 1 is 0.943 bits per heavy atom. The molecule has 1 heterocycles. The van der Waals surface area contributed by atoms with Crippen LogP contribution in [0.3, 0.4) is 0 Å². The summed E-state index contributed by atoms with van der Waals surface area (Å²) in [6.07, 6.45) is 6.24. The third-order valence-electron chi connectivity index (χ3n) is 7.11. The number of fused-ring (bicyclic) bond motifs is 1. The lowest BCUT2D eigenvalue weighted by Gasteiger charge is -2.33. The minimum absolute atomic E-state index is 0.108. The standard InChI is InChI=1S/C28H38ClN3O3/c1-19-12-8-6-5-7-11-15-31(3)28(35)25(32(4)27(34)20(2)30-26(19)33)18-22-17-23(29)16-21-13-9-10-14-24(21)22/h9-10,13-14,16-17,19-20,25H,5-8,11-12,15,18H2,1-4H3,(H,30,33)/t19-,20?,25-/m0/s1. The predicted molar refractivity (Wildman–Crippen MR) is 141 cm³/mol. The predicted octanol–water partition coefficient (Wildman–Crippen LogP) is 4.82. The number of halogens is 1. The number of carbonyl (C=O) groups excluding carboxylic acids is 3.